The van der Waals surface area contributed by atoms with E-state index < -0.39 is 5.60 Å². The molecule has 3 aromatic heterocycles. The minimum absolute atomic E-state index is 0.0896. The smallest absolute Gasteiger partial charge is 0.407 e. The molecule has 0 aromatic carbocycles. The van der Waals surface area contributed by atoms with Crippen molar-refractivity contribution in [1.82, 2.24) is 30.0 Å². The number of alkyl carbamates (subject to hydrolysis) is 1. The largest absolute Gasteiger partial charge is 0.444 e. The van der Waals surface area contributed by atoms with E-state index >= 15 is 0 Å². The number of amides is 1. The van der Waals surface area contributed by atoms with E-state index in [9.17, 15) is 9.70 Å². The molecule has 3 aromatic rings. The molecule has 0 radical (unpaired) electrons. The molecule has 2 N–H and O–H groups in total. The molecule has 220 valence electrons. The Labute approximate surface area is 239 Å². The molecule has 1 aliphatic heterocycles. The van der Waals surface area contributed by atoms with Gasteiger partial charge in [-0.15, -0.1) is 10.0 Å². The van der Waals surface area contributed by atoms with Crippen molar-refractivity contribution in [3.05, 3.63) is 29.4 Å². The quantitative estimate of drug-likeness (QED) is 0.355. The summed E-state index contributed by atoms with van der Waals surface area (Å²) in [5.74, 6) is 2.36. The number of carbonyl (C=O) groups excluding carboxylic acids is 1. The number of hydrogen-bond acceptors (Lipinski definition) is 11. The lowest BCUT2D eigenvalue weighted by Gasteiger charge is -2.31. The van der Waals surface area contributed by atoms with Crippen LogP contribution >= 0.6 is 0 Å². The standard InChI is InChI=1S/C28H39N9O4/c1-28(2,3)41-27(38)31-19-7-5-18(6-8-19)17-37-22-15-24(30-16-21(22)25(34-37)35-39)32-23-9-12-29-26(33-23)36-13-10-20(40-4)11-14-36/h9,12,15-16,18-20H,5-8,10-11,13-14,17H2,1-4H3,(H,31,38)(H,29,30,32,33). The van der Waals surface area contributed by atoms with Gasteiger partial charge in [-0.3, -0.25) is 4.68 Å². The van der Waals surface area contributed by atoms with Crippen LogP contribution in [0.3, 0.4) is 0 Å². The number of aromatic nitrogens is 5. The number of anilines is 3. The van der Waals surface area contributed by atoms with Gasteiger partial charge in [0, 0.05) is 51.2 Å². The Bertz CT molecular complexity index is 1360. The number of fused-ring (bicyclic) bond motifs is 1. The fourth-order valence-electron chi connectivity index (χ4n) is 5.53. The topological polar surface area (TPSA) is 149 Å². The molecule has 2 fully saturated rings. The molecule has 1 saturated carbocycles. The SMILES string of the molecule is COC1CCN(c2nccc(Nc3cc4c(cn3)c(N=O)nn4CC3CCC(NC(=O)OC(C)(C)C)CC3)n2)CC1. The molecule has 1 amide bonds. The average molecular weight is 566 g/mol. The van der Waals surface area contributed by atoms with E-state index in [2.05, 4.69) is 35.8 Å². The average Bonchev–Trinajstić information content (AvgIpc) is 3.30. The summed E-state index contributed by atoms with van der Waals surface area (Å²) in [6.45, 7) is 7.89. The van der Waals surface area contributed by atoms with Gasteiger partial charge in [0.25, 0.3) is 0 Å². The number of nitrogens with zero attached hydrogens (tertiary/aromatic N) is 7. The number of hydrogen-bond donors (Lipinski definition) is 2. The molecule has 4 heterocycles. The lowest BCUT2D eigenvalue weighted by Crippen LogP contribution is -2.41. The monoisotopic (exact) mass is 565 g/mol. The third-order valence-corrected chi connectivity index (χ3v) is 7.66. The minimum Gasteiger partial charge on any atom is -0.444 e. The van der Waals surface area contributed by atoms with Crippen molar-refractivity contribution in [1.29, 1.82) is 0 Å². The highest BCUT2D eigenvalue weighted by atomic mass is 16.6. The molecule has 0 spiro atoms. The van der Waals surface area contributed by atoms with Gasteiger partial charge in [0.1, 0.15) is 17.2 Å². The van der Waals surface area contributed by atoms with Crippen molar-refractivity contribution in [2.45, 2.75) is 83.6 Å². The summed E-state index contributed by atoms with van der Waals surface area (Å²) < 4.78 is 12.7. The Hall–Kier alpha value is -3.87. The fourth-order valence-corrected chi connectivity index (χ4v) is 5.53. The van der Waals surface area contributed by atoms with E-state index in [4.69, 9.17) is 14.5 Å². The molecule has 1 aliphatic carbocycles. The highest BCUT2D eigenvalue weighted by molar-refractivity contribution is 5.90. The van der Waals surface area contributed by atoms with E-state index in [0.29, 0.717) is 35.4 Å². The van der Waals surface area contributed by atoms with E-state index in [0.717, 1.165) is 57.1 Å². The van der Waals surface area contributed by atoms with Crippen LogP contribution in [-0.2, 0) is 16.0 Å². The first-order valence-electron chi connectivity index (χ1n) is 14.3. The zero-order chi connectivity index (χ0) is 29.0. The zero-order valence-corrected chi connectivity index (χ0v) is 24.2. The highest BCUT2D eigenvalue weighted by Gasteiger charge is 2.26. The van der Waals surface area contributed by atoms with Crippen LogP contribution in [0.15, 0.2) is 29.7 Å². The molecule has 2 aliphatic rings. The predicted molar refractivity (Wildman–Crippen MR) is 156 cm³/mol. The third kappa shape index (κ3) is 7.26. The number of piperidine rings is 1. The lowest BCUT2D eigenvalue weighted by molar-refractivity contribution is 0.0486. The Balaban J connectivity index is 1.24. The third-order valence-electron chi connectivity index (χ3n) is 7.66. The van der Waals surface area contributed by atoms with Crippen molar-refractivity contribution in [3.63, 3.8) is 0 Å². The van der Waals surface area contributed by atoms with E-state index in [1.54, 1.807) is 25.6 Å². The van der Waals surface area contributed by atoms with Crippen molar-refractivity contribution in [2.75, 3.05) is 30.4 Å². The molecule has 1 saturated heterocycles. The van der Waals surface area contributed by atoms with Crippen molar-refractivity contribution in [2.24, 2.45) is 11.1 Å². The second kappa shape index (κ2) is 12.3. The van der Waals surface area contributed by atoms with Crippen LogP contribution < -0.4 is 15.5 Å². The maximum Gasteiger partial charge on any atom is 0.407 e. The van der Waals surface area contributed by atoms with Gasteiger partial charge in [0.15, 0.2) is 0 Å². The van der Waals surface area contributed by atoms with Gasteiger partial charge in [-0.05, 0) is 76.5 Å². The van der Waals surface area contributed by atoms with Crippen LogP contribution in [0.4, 0.5) is 28.2 Å². The summed E-state index contributed by atoms with van der Waals surface area (Å²) in [6.07, 6.45) is 8.70. The highest BCUT2D eigenvalue weighted by Crippen LogP contribution is 2.31. The van der Waals surface area contributed by atoms with Gasteiger partial charge in [-0.2, -0.15) is 4.98 Å². The Morgan fingerprint density at radius 1 is 1.10 bits per heavy atom. The van der Waals surface area contributed by atoms with Gasteiger partial charge in [0.2, 0.25) is 11.8 Å². The van der Waals surface area contributed by atoms with Crippen molar-refractivity contribution in [3.8, 4) is 0 Å². The molecule has 0 atom stereocenters. The summed E-state index contributed by atoms with van der Waals surface area (Å²) in [5.41, 5.74) is 0.258. The van der Waals surface area contributed by atoms with Crippen LogP contribution in [0.1, 0.15) is 59.3 Å². The number of rotatable bonds is 8. The summed E-state index contributed by atoms with van der Waals surface area (Å²) in [6, 6.07) is 3.77. The van der Waals surface area contributed by atoms with Crippen LogP contribution in [0.5, 0.6) is 0 Å². The first kappa shape index (κ1) is 28.7. The number of methoxy groups -OCH3 is 1. The van der Waals surface area contributed by atoms with E-state index in [1.807, 2.05) is 31.5 Å². The molecule has 13 nitrogen and oxygen atoms in total. The van der Waals surface area contributed by atoms with Gasteiger partial charge >= 0.3 is 6.09 Å². The molecular weight excluding hydrogens is 526 g/mol. The van der Waals surface area contributed by atoms with Crippen LogP contribution in [0, 0.1) is 10.8 Å². The lowest BCUT2D eigenvalue weighted by atomic mass is 9.86. The Kier molecular flexibility index (Phi) is 8.62. The molecule has 13 heteroatoms. The summed E-state index contributed by atoms with van der Waals surface area (Å²) >= 11 is 0. The number of pyridine rings is 1. The van der Waals surface area contributed by atoms with Crippen LogP contribution in [0.25, 0.3) is 10.9 Å². The minimum atomic E-state index is -0.521. The van der Waals surface area contributed by atoms with Crippen LogP contribution in [0.2, 0.25) is 0 Å². The second-order valence-corrected chi connectivity index (χ2v) is 11.8. The Morgan fingerprint density at radius 2 is 1.85 bits per heavy atom. The van der Waals surface area contributed by atoms with Gasteiger partial charge in [0.05, 0.1) is 17.0 Å². The summed E-state index contributed by atoms with van der Waals surface area (Å²) in [5, 5.41) is 14.5. The zero-order valence-electron chi connectivity index (χ0n) is 24.2. The number of carbonyl (C=O) groups is 1. The van der Waals surface area contributed by atoms with Gasteiger partial charge in [-0.1, -0.05) is 0 Å². The number of nitroso groups, excluding NO2 is 1. The number of ether oxygens (including phenoxy) is 2. The van der Waals surface area contributed by atoms with Crippen molar-refractivity contribution < 1.29 is 14.3 Å². The molecule has 5 rings (SSSR count). The number of nitrogens with one attached hydrogen (secondary N) is 2. The summed E-state index contributed by atoms with van der Waals surface area (Å²) in [7, 11) is 1.75. The van der Waals surface area contributed by atoms with Gasteiger partial charge < -0.3 is 25.0 Å². The maximum atomic E-state index is 12.2. The molecule has 0 bridgehead atoms. The normalized spacial score (nSPS) is 20.1. The first-order valence-corrected chi connectivity index (χ1v) is 14.3. The fraction of sp³-hybridized carbons (Fsp3) is 0.607. The van der Waals surface area contributed by atoms with E-state index in [-0.39, 0.29) is 24.1 Å². The van der Waals surface area contributed by atoms with Crippen molar-refractivity contribution >= 4 is 40.4 Å². The molecule has 0 unspecified atom stereocenters. The molecule has 41 heavy (non-hydrogen) atoms. The first-order chi connectivity index (χ1) is 19.7. The second-order valence-electron chi connectivity index (χ2n) is 11.8. The predicted octanol–water partition coefficient (Wildman–Crippen LogP) is 5.06. The summed E-state index contributed by atoms with van der Waals surface area (Å²) in [4.78, 5) is 39.5. The maximum absolute atomic E-state index is 12.2. The molecular formula is C28H39N9O4. The van der Waals surface area contributed by atoms with Gasteiger partial charge in [-0.25, -0.2) is 14.8 Å². The Morgan fingerprint density at radius 3 is 2.54 bits per heavy atom. The van der Waals surface area contributed by atoms with Crippen LogP contribution in [-0.4, -0.2) is 68.8 Å². The van der Waals surface area contributed by atoms with E-state index in [1.165, 1.54) is 0 Å².